The SMILES string of the molecule is O=C(Nc1ccc(C(=O)NC2(C(=O)O)CCCCCC2)cc1)c1ccccc1. The van der Waals surface area contributed by atoms with Crippen molar-refractivity contribution in [3.8, 4) is 0 Å². The maximum Gasteiger partial charge on any atom is 0.329 e. The molecule has 3 N–H and O–H groups in total. The van der Waals surface area contributed by atoms with E-state index in [1.165, 1.54) is 0 Å². The fourth-order valence-electron chi connectivity index (χ4n) is 3.51. The maximum absolute atomic E-state index is 12.6. The second kappa shape index (κ2) is 8.69. The lowest BCUT2D eigenvalue weighted by Gasteiger charge is -2.29. The van der Waals surface area contributed by atoms with E-state index in [0.29, 0.717) is 29.7 Å². The van der Waals surface area contributed by atoms with E-state index in [1.54, 1.807) is 48.5 Å². The summed E-state index contributed by atoms with van der Waals surface area (Å²) in [5, 5.41) is 15.2. The summed E-state index contributed by atoms with van der Waals surface area (Å²) in [7, 11) is 0. The Morgan fingerprint density at radius 1 is 0.750 bits per heavy atom. The van der Waals surface area contributed by atoms with Gasteiger partial charge in [0.15, 0.2) is 0 Å². The van der Waals surface area contributed by atoms with Crippen molar-refractivity contribution in [1.82, 2.24) is 5.32 Å². The van der Waals surface area contributed by atoms with Crippen LogP contribution in [0.1, 0.15) is 59.2 Å². The van der Waals surface area contributed by atoms with Gasteiger partial charge in [-0.25, -0.2) is 4.79 Å². The zero-order chi connectivity index (χ0) is 20.0. The van der Waals surface area contributed by atoms with Crippen molar-refractivity contribution in [1.29, 1.82) is 0 Å². The Bertz CT molecular complexity index is 839. The number of carbonyl (C=O) groups is 3. The highest BCUT2D eigenvalue weighted by molar-refractivity contribution is 6.04. The van der Waals surface area contributed by atoms with Crippen LogP contribution in [0.4, 0.5) is 5.69 Å². The van der Waals surface area contributed by atoms with Crippen molar-refractivity contribution in [2.24, 2.45) is 0 Å². The Hall–Kier alpha value is -3.15. The van der Waals surface area contributed by atoms with Gasteiger partial charge >= 0.3 is 5.97 Å². The summed E-state index contributed by atoms with van der Waals surface area (Å²) in [5.41, 5.74) is 0.268. The molecular formula is C22H24N2O4. The van der Waals surface area contributed by atoms with Gasteiger partial charge in [-0.1, -0.05) is 43.9 Å². The van der Waals surface area contributed by atoms with Gasteiger partial charge in [-0.15, -0.1) is 0 Å². The smallest absolute Gasteiger partial charge is 0.329 e. The Labute approximate surface area is 164 Å². The summed E-state index contributed by atoms with van der Waals surface area (Å²) in [5.74, 6) is -1.62. The molecule has 3 rings (SSSR count). The van der Waals surface area contributed by atoms with Crippen LogP contribution in [-0.2, 0) is 4.79 Å². The number of anilines is 1. The summed E-state index contributed by atoms with van der Waals surface area (Å²) in [6.45, 7) is 0. The first-order valence-electron chi connectivity index (χ1n) is 9.53. The molecule has 0 bridgehead atoms. The van der Waals surface area contributed by atoms with Crippen LogP contribution in [0.3, 0.4) is 0 Å². The number of nitrogens with one attached hydrogen (secondary N) is 2. The van der Waals surface area contributed by atoms with E-state index in [2.05, 4.69) is 10.6 Å². The van der Waals surface area contributed by atoms with Gasteiger partial charge in [-0.3, -0.25) is 9.59 Å². The first-order valence-corrected chi connectivity index (χ1v) is 9.53. The van der Waals surface area contributed by atoms with E-state index >= 15 is 0 Å². The molecule has 146 valence electrons. The second-order valence-corrected chi connectivity index (χ2v) is 7.15. The van der Waals surface area contributed by atoms with Crippen molar-refractivity contribution < 1.29 is 19.5 Å². The van der Waals surface area contributed by atoms with Crippen molar-refractivity contribution in [3.63, 3.8) is 0 Å². The van der Waals surface area contributed by atoms with Crippen molar-refractivity contribution >= 4 is 23.5 Å². The topological polar surface area (TPSA) is 95.5 Å². The molecule has 0 atom stereocenters. The Kier molecular flexibility index (Phi) is 6.09. The Morgan fingerprint density at radius 2 is 1.32 bits per heavy atom. The molecule has 28 heavy (non-hydrogen) atoms. The van der Waals surface area contributed by atoms with Crippen molar-refractivity contribution in [2.75, 3.05) is 5.32 Å². The van der Waals surface area contributed by atoms with Crippen LogP contribution in [0.25, 0.3) is 0 Å². The van der Waals surface area contributed by atoms with Crippen LogP contribution >= 0.6 is 0 Å². The number of carboxylic acid groups (broad SMARTS) is 1. The van der Waals surface area contributed by atoms with Crippen LogP contribution in [0.5, 0.6) is 0 Å². The summed E-state index contributed by atoms with van der Waals surface area (Å²) >= 11 is 0. The highest BCUT2D eigenvalue weighted by Gasteiger charge is 2.40. The van der Waals surface area contributed by atoms with E-state index in [-0.39, 0.29) is 5.91 Å². The third-order valence-corrected chi connectivity index (χ3v) is 5.16. The molecule has 6 nitrogen and oxygen atoms in total. The van der Waals surface area contributed by atoms with Crippen LogP contribution < -0.4 is 10.6 Å². The van der Waals surface area contributed by atoms with Crippen LogP contribution in [0.15, 0.2) is 54.6 Å². The number of hydrogen-bond acceptors (Lipinski definition) is 3. The molecule has 1 saturated carbocycles. The number of rotatable bonds is 5. The fraction of sp³-hybridized carbons (Fsp3) is 0.318. The highest BCUT2D eigenvalue weighted by atomic mass is 16.4. The molecule has 0 heterocycles. The summed E-state index contributed by atoms with van der Waals surface area (Å²) < 4.78 is 0. The van der Waals surface area contributed by atoms with Gasteiger partial charge in [0.05, 0.1) is 0 Å². The van der Waals surface area contributed by atoms with Crippen molar-refractivity contribution in [3.05, 3.63) is 65.7 Å². The molecule has 0 spiro atoms. The van der Waals surface area contributed by atoms with Crippen LogP contribution in [0, 0.1) is 0 Å². The van der Waals surface area contributed by atoms with E-state index in [4.69, 9.17) is 0 Å². The average Bonchev–Trinajstić information content (AvgIpc) is 2.95. The molecule has 0 unspecified atom stereocenters. The minimum Gasteiger partial charge on any atom is -0.480 e. The minimum absolute atomic E-state index is 0.235. The van der Waals surface area contributed by atoms with Crippen molar-refractivity contribution in [2.45, 2.75) is 44.1 Å². The second-order valence-electron chi connectivity index (χ2n) is 7.15. The molecule has 2 aromatic carbocycles. The predicted molar refractivity (Wildman–Crippen MR) is 106 cm³/mol. The van der Waals surface area contributed by atoms with Gasteiger partial charge in [0.2, 0.25) is 0 Å². The lowest BCUT2D eigenvalue weighted by Crippen LogP contribution is -2.54. The third kappa shape index (κ3) is 4.57. The highest BCUT2D eigenvalue weighted by Crippen LogP contribution is 2.28. The summed E-state index contributed by atoms with van der Waals surface area (Å²) in [6.07, 6.45) is 4.44. The minimum atomic E-state index is -1.20. The van der Waals surface area contributed by atoms with Gasteiger partial charge < -0.3 is 15.7 Å². The largest absolute Gasteiger partial charge is 0.480 e. The van der Waals surface area contributed by atoms with Gasteiger partial charge in [0.25, 0.3) is 11.8 Å². The van der Waals surface area contributed by atoms with E-state index in [0.717, 1.165) is 25.7 Å². The standard InChI is InChI=1S/C22H24N2O4/c25-19(16-8-4-3-5-9-16)23-18-12-10-17(11-13-18)20(26)24-22(21(27)28)14-6-1-2-7-15-22/h3-5,8-13H,1-2,6-7,14-15H2,(H,23,25)(H,24,26)(H,27,28). The molecule has 0 radical (unpaired) electrons. The molecule has 1 aliphatic carbocycles. The molecular weight excluding hydrogens is 356 g/mol. The summed E-state index contributed by atoms with van der Waals surface area (Å²) in [6, 6.07) is 15.3. The Balaban J connectivity index is 1.67. The van der Waals surface area contributed by atoms with E-state index in [9.17, 15) is 19.5 Å². The fourth-order valence-corrected chi connectivity index (χ4v) is 3.51. The molecule has 2 amide bonds. The van der Waals surface area contributed by atoms with Gasteiger partial charge in [0.1, 0.15) is 5.54 Å². The average molecular weight is 380 g/mol. The molecule has 1 aliphatic rings. The lowest BCUT2D eigenvalue weighted by atomic mass is 9.90. The number of benzene rings is 2. The van der Waals surface area contributed by atoms with Crippen LogP contribution in [-0.4, -0.2) is 28.4 Å². The molecule has 1 fully saturated rings. The Morgan fingerprint density at radius 3 is 1.89 bits per heavy atom. The lowest BCUT2D eigenvalue weighted by molar-refractivity contribution is -0.145. The van der Waals surface area contributed by atoms with E-state index in [1.807, 2.05) is 6.07 Å². The number of hydrogen-bond donors (Lipinski definition) is 3. The quantitative estimate of drug-likeness (QED) is 0.687. The molecule has 0 saturated heterocycles. The predicted octanol–water partition coefficient (Wildman–Crippen LogP) is 3.85. The van der Waals surface area contributed by atoms with Gasteiger partial charge in [0, 0.05) is 16.8 Å². The number of carbonyl (C=O) groups excluding carboxylic acids is 2. The molecule has 0 aliphatic heterocycles. The normalized spacial score (nSPS) is 15.9. The molecule has 6 heteroatoms. The zero-order valence-electron chi connectivity index (χ0n) is 15.6. The van der Waals surface area contributed by atoms with Gasteiger partial charge in [-0.05, 0) is 49.2 Å². The molecule has 2 aromatic rings. The molecule has 0 aromatic heterocycles. The monoisotopic (exact) mass is 380 g/mol. The maximum atomic E-state index is 12.6. The number of aliphatic carboxylic acids is 1. The first kappa shape index (κ1) is 19.6. The third-order valence-electron chi connectivity index (χ3n) is 5.16. The first-order chi connectivity index (χ1) is 13.5. The van der Waals surface area contributed by atoms with E-state index < -0.39 is 17.4 Å². The number of carboxylic acids is 1. The van der Waals surface area contributed by atoms with Gasteiger partial charge in [-0.2, -0.15) is 0 Å². The van der Waals surface area contributed by atoms with Crippen LogP contribution in [0.2, 0.25) is 0 Å². The number of amides is 2. The zero-order valence-corrected chi connectivity index (χ0v) is 15.6. The summed E-state index contributed by atoms with van der Waals surface area (Å²) in [4.78, 5) is 36.7.